The summed E-state index contributed by atoms with van der Waals surface area (Å²) in [5.41, 5.74) is 1.74. The van der Waals surface area contributed by atoms with Gasteiger partial charge in [0, 0.05) is 56.9 Å². The summed E-state index contributed by atoms with van der Waals surface area (Å²) in [6, 6.07) is 1.96. The maximum atomic E-state index is 5.42. The molecule has 0 aromatic carbocycles. The first-order chi connectivity index (χ1) is 13.8. The Kier molecular flexibility index (Phi) is 20.7. The van der Waals surface area contributed by atoms with Crippen LogP contribution in [0.5, 0.6) is 0 Å². The lowest BCUT2D eigenvalue weighted by Gasteiger charge is -2.26. The van der Waals surface area contributed by atoms with Crippen molar-refractivity contribution in [2.45, 2.75) is 51.2 Å². The van der Waals surface area contributed by atoms with Crippen molar-refractivity contribution in [1.82, 2.24) is 0 Å². The second-order valence-corrected chi connectivity index (χ2v) is 21.4. The van der Waals surface area contributed by atoms with E-state index in [-0.39, 0.29) is 0 Å². The summed E-state index contributed by atoms with van der Waals surface area (Å²) in [5, 5.41) is 0. The normalized spacial score (nSPS) is 12.4. The van der Waals surface area contributed by atoms with E-state index in [4.69, 9.17) is 35.4 Å². The molecule has 184 valence electrons. The van der Waals surface area contributed by atoms with E-state index >= 15 is 0 Å². The highest BCUT2D eigenvalue weighted by Gasteiger charge is 2.33. The molecule has 0 aliphatic carbocycles. The van der Waals surface area contributed by atoms with Gasteiger partial charge in [-0.15, -0.1) is 6.58 Å². The van der Waals surface area contributed by atoms with Crippen molar-refractivity contribution in [1.29, 1.82) is 0 Å². The maximum absolute atomic E-state index is 5.42. The SMILES string of the molecule is C=C[Si](C)(OC)OC.CO[Si](C)(C)OC.CO[Si](C)(CCC[Si](C)(OC)OC)OC. The molecule has 0 N–H and O–H groups in total. The first-order valence-corrected chi connectivity index (χ1v) is 20.1. The van der Waals surface area contributed by atoms with E-state index in [0.717, 1.165) is 18.5 Å². The Bertz CT molecular complexity index is 391. The van der Waals surface area contributed by atoms with E-state index in [2.05, 4.69) is 19.7 Å². The van der Waals surface area contributed by atoms with E-state index in [1.165, 1.54) is 0 Å². The third-order valence-corrected chi connectivity index (χ3v) is 15.5. The minimum atomic E-state index is -1.91. The Morgan fingerprint density at radius 3 is 0.933 bits per heavy atom. The topological polar surface area (TPSA) is 73.8 Å². The first-order valence-electron chi connectivity index (χ1n) is 9.80. The van der Waals surface area contributed by atoms with Crippen molar-refractivity contribution in [2.24, 2.45) is 0 Å². The quantitative estimate of drug-likeness (QED) is 0.346. The fourth-order valence-electron chi connectivity index (χ4n) is 1.64. The van der Waals surface area contributed by atoms with Gasteiger partial charge >= 0.3 is 34.2 Å². The second kappa shape index (κ2) is 17.8. The van der Waals surface area contributed by atoms with Crippen LogP contribution >= 0.6 is 0 Å². The van der Waals surface area contributed by atoms with Crippen molar-refractivity contribution in [3.8, 4) is 0 Å². The third kappa shape index (κ3) is 16.9. The smallest absolute Gasteiger partial charge is 0.360 e. The predicted octanol–water partition coefficient (Wildman–Crippen LogP) is 4.16. The molecule has 0 aliphatic heterocycles. The summed E-state index contributed by atoms with van der Waals surface area (Å²) in [6.07, 6.45) is 1.04. The van der Waals surface area contributed by atoms with E-state index in [1.54, 1.807) is 62.6 Å². The highest BCUT2D eigenvalue weighted by atomic mass is 28.4. The first kappa shape index (κ1) is 34.9. The molecule has 0 atom stereocenters. The standard InChI is InChI=1S/C9H24O4Si2.C5H12O2Si.C4H12O2Si/c1-10-14(5,11-2)8-7-9-15(6,12-3)13-4;1-5-8(4,6-2)7-3;1-5-7(3,4)6-2/h7-9H2,1-6H3;5H,1H2,2-4H3;1-4H3. The van der Waals surface area contributed by atoms with Gasteiger partial charge in [0.1, 0.15) is 0 Å². The van der Waals surface area contributed by atoms with Crippen LogP contribution in [-0.4, -0.2) is 91.1 Å². The van der Waals surface area contributed by atoms with Crippen molar-refractivity contribution in [3.05, 3.63) is 12.3 Å². The van der Waals surface area contributed by atoms with E-state index in [1.807, 2.05) is 19.6 Å². The zero-order valence-corrected chi connectivity index (χ0v) is 25.7. The average molecular weight is 505 g/mol. The lowest BCUT2D eigenvalue weighted by Crippen LogP contribution is -2.39. The van der Waals surface area contributed by atoms with Crippen LogP contribution in [-0.2, 0) is 35.4 Å². The largest absolute Gasteiger partial charge is 0.398 e. The van der Waals surface area contributed by atoms with Gasteiger partial charge < -0.3 is 35.4 Å². The molecule has 0 bridgehead atoms. The van der Waals surface area contributed by atoms with Crippen LogP contribution in [0.4, 0.5) is 0 Å². The van der Waals surface area contributed by atoms with Crippen LogP contribution in [0.25, 0.3) is 0 Å². The highest BCUT2D eigenvalue weighted by molar-refractivity contribution is 6.71. The van der Waals surface area contributed by atoms with Crippen LogP contribution < -0.4 is 0 Å². The van der Waals surface area contributed by atoms with Crippen LogP contribution in [0.3, 0.4) is 0 Å². The van der Waals surface area contributed by atoms with Gasteiger partial charge in [-0.2, -0.15) is 0 Å². The number of hydrogen-bond acceptors (Lipinski definition) is 8. The lowest BCUT2D eigenvalue weighted by molar-refractivity contribution is 0.241. The summed E-state index contributed by atoms with van der Waals surface area (Å²) in [4.78, 5) is 0. The van der Waals surface area contributed by atoms with Crippen LogP contribution in [0.15, 0.2) is 12.3 Å². The zero-order chi connectivity index (χ0) is 24.5. The van der Waals surface area contributed by atoms with E-state index in [0.29, 0.717) is 0 Å². The van der Waals surface area contributed by atoms with Gasteiger partial charge in [-0.3, -0.25) is 0 Å². The van der Waals surface area contributed by atoms with Gasteiger partial charge in [-0.25, -0.2) is 0 Å². The molecule has 0 saturated carbocycles. The monoisotopic (exact) mass is 504 g/mol. The Labute approximate surface area is 190 Å². The summed E-state index contributed by atoms with van der Waals surface area (Å²) >= 11 is 0. The molecule has 0 aromatic rings. The van der Waals surface area contributed by atoms with Crippen LogP contribution in [0, 0.1) is 0 Å². The second-order valence-electron chi connectivity index (χ2n) is 7.37. The summed E-state index contributed by atoms with van der Waals surface area (Å²) in [5.74, 6) is 0. The highest BCUT2D eigenvalue weighted by Crippen LogP contribution is 2.21. The Morgan fingerprint density at radius 2 is 0.833 bits per heavy atom. The Balaban J connectivity index is -0.000000408. The molecule has 0 unspecified atom stereocenters. The fourth-order valence-corrected chi connectivity index (χ4v) is 5.45. The van der Waals surface area contributed by atoms with Gasteiger partial charge in [0.25, 0.3) is 0 Å². The Hall–Kier alpha value is 0.288. The fraction of sp³-hybridized carbons (Fsp3) is 0.889. The average Bonchev–Trinajstić information content (AvgIpc) is 2.78. The van der Waals surface area contributed by atoms with Gasteiger partial charge in [0.05, 0.1) is 0 Å². The van der Waals surface area contributed by atoms with Gasteiger partial charge in [-0.05, 0) is 56.9 Å². The molecule has 0 saturated heterocycles. The molecular formula is C18H48O8Si4. The minimum Gasteiger partial charge on any atom is -0.398 e. The maximum Gasteiger partial charge on any atom is 0.360 e. The van der Waals surface area contributed by atoms with Gasteiger partial charge in [0.15, 0.2) is 0 Å². The molecule has 30 heavy (non-hydrogen) atoms. The molecule has 0 aromatic heterocycles. The van der Waals surface area contributed by atoms with Crippen molar-refractivity contribution < 1.29 is 35.4 Å². The molecule has 12 heteroatoms. The summed E-state index contributed by atoms with van der Waals surface area (Å²) in [6.45, 7) is 13.7. The van der Waals surface area contributed by atoms with Crippen molar-refractivity contribution in [2.75, 3.05) is 56.9 Å². The third-order valence-electron chi connectivity index (χ3n) is 5.15. The lowest BCUT2D eigenvalue weighted by atomic mass is 10.6. The molecule has 8 nitrogen and oxygen atoms in total. The van der Waals surface area contributed by atoms with Crippen molar-refractivity contribution in [3.63, 3.8) is 0 Å². The van der Waals surface area contributed by atoms with E-state index in [9.17, 15) is 0 Å². The molecule has 0 heterocycles. The zero-order valence-electron chi connectivity index (χ0n) is 21.7. The number of hydrogen-bond donors (Lipinski definition) is 0. The minimum absolute atomic E-state index is 0.981. The Morgan fingerprint density at radius 1 is 0.533 bits per heavy atom. The van der Waals surface area contributed by atoms with Crippen molar-refractivity contribution >= 4 is 34.2 Å². The molecule has 0 fully saturated rings. The predicted molar refractivity (Wildman–Crippen MR) is 133 cm³/mol. The van der Waals surface area contributed by atoms with Crippen LogP contribution in [0.1, 0.15) is 6.42 Å². The number of rotatable bonds is 13. The molecular weight excluding hydrogens is 457 g/mol. The van der Waals surface area contributed by atoms with Gasteiger partial charge in [-0.1, -0.05) is 0 Å². The molecule has 0 aliphatic rings. The summed E-state index contributed by atoms with van der Waals surface area (Å²) in [7, 11) is 6.13. The molecule has 0 rings (SSSR count). The summed E-state index contributed by atoms with van der Waals surface area (Å²) < 4.78 is 41.8. The van der Waals surface area contributed by atoms with Crippen LogP contribution in [0.2, 0.25) is 44.8 Å². The van der Waals surface area contributed by atoms with Gasteiger partial charge in [0.2, 0.25) is 0 Å². The van der Waals surface area contributed by atoms with E-state index < -0.39 is 34.2 Å². The molecule has 0 amide bonds. The molecule has 0 radical (unpaired) electrons. The molecule has 0 spiro atoms.